The lowest BCUT2D eigenvalue weighted by atomic mass is 10.2. The summed E-state index contributed by atoms with van der Waals surface area (Å²) in [5.41, 5.74) is 1.89. The molecule has 0 amide bonds. The zero-order valence-corrected chi connectivity index (χ0v) is 11.1. The summed E-state index contributed by atoms with van der Waals surface area (Å²) in [5.74, 6) is 1.97. The van der Waals surface area contributed by atoms with Crippen molar-refractivity contribution in [3.63, 3.8) is 0 Å². The van der Waals surface area contributed by atoms with E-state index in [-0.39, 0.29) is 5.56 Å². The number of rotatable bonds is 3. The minimum Gasteiger partial charge on any atom is -0.497 e. The van der Waals surface area contributed by atoms with Gasteiger partial charge in [-0.15, -0.1) is 0 Å². The molecule has 0 unspecified atom stereocenters. The first kappa shape index (κ1) is 12.3. The number of methoxy groups -OCH3 is 2. The first-order valence-corrected chi connectivity index (χ1v) is 6.02. The maximum absolute atomic E-state index is 11.3. The molecule has 2 aromatic heterocycles. The summed E-state index contributed by atoms with van der Waals surface area (Å²) in [6.45, 7) is 0. The molecule has 0 radical (unpaired) electrons. The van der Waals surface area contributed by atoms with Crippen LogP contribution in [0.2, 0.25) is 0 Å². The Kier molecular flexibility index (Phi) is 2.90. The molecule has 2 N–H and O–H groups in total. The average molecular weight is 271 g/mol. The van der Waals surface area contributed by atoms with Gasteiger partial charge in [-0.05, 0) is 18.2 Å². The van der Waals surface area contributed by atoms with Crippen molar-refractivity contribution < 1.29 is 9.47 Å². The molecule has 0 aliphatic carbocycles. The number of fused-ring (bicyclic) bond motifs is 1. The molecule has 0 aliphatic rings. The van der Waals surface area contributed by atoms with Crippen molar-refractivity contribution in [2.75, 3.05) is 14.2 Å². The molecule has 0 fully saturated rings. The Morgan fingerprint density at radius 1 is 1.05 bits per heavy atom. The lowest BCUT2D eigenvalue weighted by Gasteiger charge is -2.08. The number of aromatic nitrogens is 3. The Morgan fingerprint density at radius 3 is 2.65 bits per heavy atom. The average Bonchev–Trinajstić information content (AvgIpc) is 2.89. The van der Waals surface area contributed by atoms with Crippen molar-refractivity contribution in [1.82, 2.24) is 15.0 Å². The molecule has 20 heavy (non-hydrogen) atoms. The number of benzene rings is 1. The molecule has 0 spiro atoms. The van der Waals surface area contributed by atoms with Crippen LogP contribution in [0.1, 0.15) is 0 Å². The zero-order chi connectivity index (χ0) is 14.1. The number of H-pyrrole nitrogens is 2. The van der Waals surface area contributed by atoms with Crippen LogP contribution >= 0.6 is 0 Å². The first-order chi connectivity index (χ1) is 9.71. The highest BCUT2D eigenvalue weighted by molar-refractivity contribution is 5.77. The van der Waals surface area contributed by atoms with E-state index in [0.29, 0.717) is 23.0 Å². The molecule has 6 heteroatoms. The van der Waals surface area contributed by atoms with Gasteiger partial charge in [0.25, 0.3) is 0 Å². The largest absolute Gasteiger partial charge is 0.497 e. The number of nitrogens with one attached hydrogen (secondary N) is 2. The number of pyridine rings is 1. The van der Waals surface area contributed by atoms with Crippen LogP contribution in [-0.4, -0.2) is 29.2 Å². The molecule has 0 saturated carbocycles. The fraction of sp³-hybridized carbons (Fsp3) is 0.143. The summed E-state index contributed by atoms with van der Waals surface area (Å²) in [4.78, 5) is 21.5. The van der Waals surface area contributed by atoms with Crippen LogP contribution in [0.3, 0.4) is 0 Å². The minimum atomic E-state index is -0.183. The smallest absolute Gasteiger partial charge is 0.249 e. The van der Waals surface area contributed by atoms with Gasteiger partial charge in [0.1, 0.15) is 17.3 Å². The maximum Gasteiger partial charge on any atom is 0.249 e. The van der Waals surface area contributed by atoms with E-state index in [1.165, 1.54) is 6.07 Å². The van der Waals surface area contributed by atoms with Gasteiger partial charge in [-0.1, -0.05) is 0 Å². The topological polar surface area (TPSA) is 80.0 Å². The van der Waals surface area contributed by atoms with E-state index in [1.54, 1.807) is 26.4 Å². The Bertz CT molecular complexity index is 820. The molecule has 3 rings (SSSR count). The summed E-state index contributed by atoms with van der Waals surface area (Å²) in [7, 11) is 3.18. The van der Waals surface area contributed by atoms with E-state index in [0.717, 1.165) is 11.1 Å². The van der Waals surface area contributed by atoms with Crippen LogP contribution in [0, 0.1) is 0 Å². The monoisotopic (exact) mass is 271 g/mol. The van der Waals surface area contributed by atoms with Gasteiger partial charge in [0.05, 0.1) is 25.3 Å². The van der Waals surface area contributed by atoms with Crippen molar-refractivity contribution in [1.29, 1.82) is 0 Å². The molecule has 0 aliphatic heterocycles. The van der Waals surface area contributed by atoms with Crippen molar-refractivity contribution in [3.05, 3.63) is 40.7 Å². The zero-order valence-electron chi connectivity index (χ0n) is 11.1. The Morgan fingerprint density at radius 2 is 1.90 bits per heavy atom. The van der Waals surface area contributed by atoms with Crippen LogP contribution in [-0.2, 0) is 0 Å². The fourth-order valence-corrected chi connectivity index (χ4v) is 2.04. The first-order valence-electron chi connectivity index (χ1n) is 6.02. The Hall–Kier alpha value is -2.76. The Labute approximate surface area is 114 Å². The summed E-state index contributed by atoms with van der Waals surface area (Å²) in [6, 6.07) is 8.61. The Balaban J connectivity index is 2.17. The third-order valence-electron chi connectivity index (χ3n) is 3.04. The number of imidazole rings is 1. The van der Waals surface area contributed by atoms with E-state index in [4.69, 9.17) is 9.47 Å². The molecule has 102 valence electrons. The lowest BCUT2D eigenvalue weighted by molar-refractivity contribution is 0.395. The van der Waals surface area contributed by atoms with Gasteiger partial charge in [0, 0.05) is 12.1 Å². The van der Waals surface area contributed by atoms with Gasteiger partial charge in [0.2, 0.25) is 5.56 Å². The minimum absolute atomic E-state index is 0.183. The highest BCUT2D eigenvalue weighted by Gasteiger charge is 2.12. The van der Waals surface area contributed by atoms with E-state index >= 15 is 0 Å². The van der Waals surface area contributed by atoms with Crippen LogP contribution < -0.4 is 15.0 Å². The molecule has 2 heterocycles. The lowest BCUT2D eigenvalue weighted by Crippen LogP contribution is -2.01. The second-order valence-electron chi connectivity index (χ2n) is 4.24. The van der Waals surface area contributed by atoms with Crippen LogP contribution in [0.25, 0.3) is 22.6 Å². The quantitative estimate of drug-likeness (QED) is 0.762. The van der Waals surface area contributed by atoms with Gasteiger partial charge in [-0.2, -0.15) is 0 Å². The number of nitrogens with zero attached hydrogens (tertiary/aromatic N) is 1. The van der Waals surface area contributed by atoms with E-state index in [1.807, 2.05) is 12.1 Å². The second-order valence-corrected chi connectivity index (χ2v) is 4.24. The van der Waals surface area contributed by atoms with Gasteiger partial charge in [0.15, 0.2) is 5.65 Å². The van der Waals surface area contributed by atoms with Gasteiger partial charge >= 0.3 is 0 Å². The maximum atomic E-state index is 11.3. The van der Waals surface area contributed by atoms with Crippen LogP contribution in [0.15, 0.2) is 35.1 Å². The van der Waals surface area contributed by atoms with Crippen molar-refractivity contribution >= 4 is 11.2 Å². The summed E-state index contributed by atoms with van der Waals surface area (Å²) in [6.07, 6.45) is 0. The highest BCUT2D eigenvalue weighted by Crippen LogP contribution is 2.32. The predicted molar refractivity (Wildman–Crippen MR) is 75.3 cm³/mol. The predicted octanol–water partition coefficient (Wildman–Crippen LogP) is 1.94. The molecule has 0 saturated heterocycles. The third kappa shape index (κ3) is 2.01. The molecular formula is C14H13N3O3. The number of aromatic amines is 2. The van der Waals surface area contributed by atoms with E-state index < -0.39 is 0 Å². The molecule has 0 bridgehead atoms. The van der Waals surface area contributed by atoms with E-state index in [9.17, 15) is 4.79 Å². The van der Waals surface area contributed by atoms with E-state index in [2.05, 4.69) is 15.0 Å². The molecule has 6 nitrogen and oxygen atoms in total. The summed E-state index contributed by atoms with van der Waals surface area (Å²) >= 11 is 0. The molecule has 1 aromatic carbocycles. The van der Waals surface area contributed by atoms with Gasteiger partial charge in [-0.25, -0.2) is 4.98 Å². The number of ether oxygens (including phenoxy) is 2. The highest BCUT2D eigenvalue weighted by atomic mass is 16.5. The van der Waals surface area contributed by atoms with Crippen molar-refractivity contribution in [2.45, 2.75) is 0 Å². The summed E-state index contributed by atoms with van der Waals surface area (Å²) < 4.78 is 10.5. The second kappa shape index (κ2) is 4.73. The SMILES string of the molecule is COc1ccc(-c2nc3[nH]c(=O)ccc3[nH]2)c(OC)c1. The molecule has 3 aromatic rings. The molecule has 0 atom stereocenters. The summed E-state index contributed by atoms with van der Waals surface area (Å²) in [5, 5.41) is 0. The van der Waals surface area contributed by atoms with Crippen LogP contribution in [0.4, 0.5) is 0 Å². The standard InChI is InChI=1S/C14H13N3O3/c1-19-8-3-4-9(11(7-8)20-2)13-15-10-5-6-12(18)16-14(10)17-13/h3-7H,1-2H3,(H2,15,16,17,18). The number of hydrogen-bond acceptors (Lipinski definition) is 4. The number of hydrogen-bond donors (Lipinski definition) is 2. The van der Waals surface area contributed by atoms with Gasteiger partial charge < -0.3 is 19.4 Å². The third-order valence-corrected chi connectivity index (χ3v) is 3.04. The fourth-order valence-electron chi connectivity index (χ4n) is 2.04. The van der Waals surface area contributed by atoms with Crippen molar-refractivity contribution in [3.8, 4) is 22.9 Å². The molecular weight excluding hydrogens is 258 g/mol. The normalized spacial score (nSPS) is 10.7. The van der Waals surface area contributed by atoms with Gasteiger partial charge in [-0.3, -0.25) is 4.79 Å². The van der Waals surface area contributed by atoms with Crippen LogP contribution in [0.5, 0.6) is 11.5 Å². The van der Waals surface area contributed by atoms with Crippen molar-refractivity contribution in [2.24, 2.45) is 0 Å².